The van der Waals surface area contributed by atoms with Gasteiger partial charge in [0.25, 0.3) is 0 Å². The maximum atomic E-state index is 14.1. The van der Waals surface area contributed by atoms with Crippen LogP contribution in [0, 0.1) is 17.5 Å². The Morgan fingerprint density at radius 3 is 2.36 bits per heavy atom. The summed E-state index contributed by atoms with van der Waals surface area (Å²) in [6.45, 7) is 5.13. The monoisotopic (exact) mass is 336 g/mol. The van der Waals surface area contributed by atoms with Gasteiger partial charge in [0.1, 0.15) is 5.82 Å². The highest BCUT2D eigenvalue weighted by Gasteiger charge is 2.28. The lowest BCUT2D eigenvalue weighted by molar-refractivity contribution is 0.155. The van der Waals surface area contributed by atoms with E-state index in [9.17, 15) is 13.2 Å². The minimum atomic E-state index is -1.03. The molecule has 0 aliphatic carbocycles. The van der Waals surface area contributed by atoms with Crippen molar-refractivity contribution in [3.05, 3.63) is 35.1 Å². The number of hydrogen-bond acceptors (Lipinski definition) is 2. The van der Waals surface area contributed by atoms with Crippen molar-refractivity contribution < 1.29 is 13.2 Å². The van der Waals surface area contributed by atoms with Crippen LogP contribution in [0.15, 0.2) is 12.1 Å². The van der Waals surface area contributed by atoms with E-state index in [0.29, 0.717) is 6.42 Å². The fraction of sp³-hybridized carbons (Fsp3) is 0.625. The van der Waals surface area contributed by atoms with E-state index in [1.807, 2.05) is 0 Å². The van der Waals surface area contributed by atoms with E-state index in [0.717, 1.165) is 57.6 Å². The standard InChI is InChI=1S/C16H23F3N2.ClH/c1-2-3-4-5-14(21-10-8-20-9-11-21)15-12(17)6-7-13(18)16(15)19;/h6-7,14,20H,2-5,8-11H2,1H3;1H/t14-;/m0./s1. The molecule has 1 aromatic rings. The first-order chi connectivity index (χ1) is 10.1. The molecular weight excluding hydrogens is 313 g/mol. The second-order valence-electron chi connectivity index (χ2n) is 5.55. The predicted octanol–water partition coefficient (Wildman–Crippen LogP) is 4.05. The topological polar surface area (TPSA) is 15.3 Å². The number of benzene rings is 1. The van der Waals surface area contributed by atoms with Gasteiger partial charge in [-0.05, 0) is 18.6 Å². The highest BCUT2D eigenvalue weighted by molar-refractivity contribution is 5.85. The third kappa shape index (κ3) is 4.61. The summed E-state index contributed by atoms with van der Waals surface area (Å²) in [5, 5.41) is 3.23. The molecule has 1 aromatic carbocycles. The van der Waals surface area contributed by atoms with E-state index in [4.69, 9.17) is 0 Å². The van der Waals surface area contributed by atoms with Crippen LogP contribution >= 0.6 is 12.4 Å². The van der Waals surface area contributed by atoms with Gasteiger partial charge in [-0.25, -0.2) is 13.2 Å². The van der Waals surface area contributed by atoms with Crippen LogP contribution in [0.25, 0.3) is 0 Å². The Kier molecular flexibility index (Phi) is 8.21. The SMILES string of the molecule is CCCCC[C@@H](c1c(F)ccc(F)c1F)N1CCNCC1.Cl. The van der Waals surface area contributed by atoms with Gasteiger partial charge in [-0.1, -0.05) is 26.2 Å². The lowest BCUT2D eigenvalue weighted by atomic mass is 9.97. The fourth-order valence-electron chi connectivity index (χ4n) is 2.94. The van der Waals surface area contributed by atoms with Crippen molar-refractivity contribution in [2.24, 2.45) is 0 Å². The molecule has 2 nitrogen and oxygen atoms in total. The van der Waals surface area contributed by atoms with Crippen LogP contribution in [0.3, 0.4) is 0 Å². The first-order valence-corrected chi connectivity index (χ1v) is 7.73. The van der Waals surface area contributed by atoms with Crippen molar-refractivity contribution in [1.82, 2.24) is 10.2 Å². The normalized spacial score (nSPS) is 17.1. The smallest absolute Gasteiger partial charge is 0.166 e. The van der Waals surface area contributed by atoms with Crippen LogP contribution < -0.4 is 5.32 Å². The molecule has 0 saturated carbocycles. The van der Waals surface area contributed by atoms with Gasteiger partial charge >= 0.3 is 0 Å². The van der Waals surface area contributed by atoms with Crippen LogP contribution in [0.1, 0.15) is 44.2 Å². The molecule has 1 aliphatic heterocycles. The van der Waals surface area contributed by atoms with Crippen molar-refractivity contribution in [1.29, 1.82) is 0 Å². The summed E-state index contributed by atoms with van der Waals surface area (Å²) in [6.07, 6.45) is 3.61. The number of halogens is 4. The van der Waals surface area contributed by atoms with Crippen molar-refractivity contribution in [2.45, 2.75) is 38.6 Å². The summed E-state index contributed by atoms with van der Waals surface area (Å²) < 4.78 is 41.7. The van der Waals surface area contributed by atoms with Gasteiger partial charge in [-0.15, -0.1) is 12.4 Å². The van der Waals surface area contributed by atoms with E-state index in [2.05, 4.69) is 17.1 Å². The fourth-order valence-corrected chi connectivity index (χ4v) is 2.94. The van der Waals surface area contributed by atoms with Crippen LogP contribution in [-0.2, 0) is 0 Å². The molecule has 6 heteroatoms. The first kappa shape index (κ1) is 19.3. The van der Waals surface area contributed by atoms with E-state index < -0.39 is 17.5 Å². The lowest BCUT2D eigenvalue weighted by Crippen LogP contribution is -2.45. The second kappa shape index (κ2) is 9.38. The van der Waals surface area contributed by atoms with E-state index >= 15 is 0 Å². The average Bonchev–Trinajstić information content (AvgIpc) is 2.51. The third-order valence-electron chi connectivity index (χ3n) is 4.09. The number of nitrogens with one attached hydrogen (secondary N) is 1. The van der Waals surface area contributed by atoms with Crippen molar-refractivity contribution in [3.63, 3.8) is 0 Å². The second-order valence-corrected chi connectivity index (χ2v) is 5.55. The number of hydrogen-bond donors (Lipinski definition) is 1. The molecule has 2 rings (SSSR count). The number of unbranched alkanes of at least 4 members (excludes halogenated alkanes) is 2. The van der Waals surface area contributed by atoms with E-state index in [1.165, 1.54) is 0 Å². The zero-order chi connectivity index (χ0) is 15.2. The molecule has 126 valence electrons. The molecule has 0 amide bonds. The Balaban J connectivity index is 0.00000242. The number of piperazine rings is 1. The van der Waals surface area contributed by atoms with Gasteiger partial charge in [-0.3, -0.25) is 4.90 Å². The Morgan fingerprint density at radius 1 is 1.09 bits per heavy atom. The van der Waals surface area contributed by atoms with Crippen molar-refractivity contribution >= 4 is 12.4 Å². The number of nitrogens with zero attached hydrogens (tertiary/aromatic N) is 1. The zero-order valence-electron chi connectivity index (χ0n) is 12.9. The molecule has 0 unspecified atom stereocenters. The summed E-state index contributed by atoms with van der Waals surface area (Å²) in [5.74, 6) is -2.65. The van der Waals surface area contributed by atoms with Gasteiger partial charge < -0.3 is 5.32 Å². The Hall–Kier alpha value is -0.780. The summed E-state index contributed by atoms with van der Waals surface area (Å²) in [4.78, 5) is 2.06. The Morgan fingerprint density at radius 2 is 1.73 bits per heavy atom. The quantitative estimate of drug-likeness (QED) is 0.622. The summed E-state index contributed by atoms with van der Waals surface area (Å²) in [7, 11) is 0. The molecule has 0 bridgehead atoms. The van der Waals surface area contributed by atoms with E-state index in [-0.39, 0.29) is 24.0 Å². The molecular formula is C16H24ClF3N2. The minimum absolute atomic E-state index is 0. The average molecular weight is 337 g/mol. The van der Waals surface area contributed by atoms with E-state index in [1.54, 1.807) is 0 Å². The predicted molar refractivity (Wildman–Crippen MR) is 84.9 cm³/mol. The number of rotatable bonds is 6. The zero-order valence-corrected chi connectivity index (χ0v) is 13.7. The molecule has 1 atom stereocenters. The van der Waals surface area contributed by atoms with Crippen LogP contribution in [0.5, 0.6) is 0 Å². The first-order valence-electron chi connectivity index (χ1n) is 7.73. The highest BCUT2D eigenvalue weighted by Crippen LogP contribution is 2.32. The molecule has 22 heavy (non-hydrogen) atoms. The van der Waals surface area contributed by atoms with Crippen LogP contribution in [0.4, 0.5) is 13.2 Å². The largest absolute Gasteiger partial charge is 0.314 e. The van der Waals surface area contributed by atoms with Gasteiger partial charge in [0.15, 0.2) is 11.6 Å². The van der Waals surface area contributed by atoms with Crippen molar-refractivity contribution in [2.75, 3.05) is 26.2 Å². The van der Waals surface area contributed by atoms with Crippen molar-refractivity contribution in [3.8, 4) is 0 Å². The maximum absolute atomic E-state index is 14.1. The lowest BCUT2D eigenvalue weighted by Gasteiger charge is -2.35. The molecule has 1 saturated heterocycles. The highest BCUT2D eigenvalue weighted by atomic mass is 35.5. The van der Waals surface area contributed by atoms with Crippen LogP contribution in [0.2, 0.25) is 0 Å². The van der Waals surface area contributed by atoms with Gasteiger partial charge in [-0.2, -0.15) is 0 Å². The minimum Gasteiger partial charge on any atom is -0.314 e. The van der Waals surface area contributed by atoms with Gasteiger partial charge in [0, 0.05) is 37.8 Å². The summed E-state index contributed by atoms with van der Waals surface area (Å²) >= 11 is 0. The molecule has 1 aliphatic rings. The Labute approximate surface area is 136 Å². The van der Waals surface area contributed by atoms with Gasteiger partial charge in [0.2, 0.25) is 0 Å². The third-order valence-corrected chi connectivity index (χ3v) is 4.09. The molecule has 0 aromatic heterocycles. The molecule has 0 radical (unpaired) electrons. The summed E-state index contributed by atoms with van der Waals surface area (Å²) in [5.41, 5.74) is -0.104. The molecule has 0 spiro atoms. The summed E-state index contributed by atoms with van der Waals surface area (Å²) in [6, 6.07) is 1.51. The molecule has 1 fully saturated rings. The molecule has 1 N–H and O–H groups in total. The molecule has 1 heterocycles. The van der Waals surface area contributed by atoms with Gasteiger partial charge in [0.05, 0.1) is 0 Å². The Bertz CT molecular complexity index is 465. The van der Waals surface area contributed by atoms with Crippen LogP contribution in [-0.4, -0.2) is 31.1 Å². The maximum Gasteiger partial charge on any atom is 0.166 e.